The van der Waals surface area contributed by atoms with Crippen LogP contribution in [0.2, 0.25) is 0 Å². The van der Waals surface area contributed by atoms with Crippen LogP contribution >= 0.6 is 0 Å². The molecule has 6 nitrogen and oxygen atoms in total. The predicted octanol–water partition coefficient (Wildman–Crippen LogP) is -0.312. The molecule has 1 spiro atoms. The molecule has 0 aromatic rings. The van der Waals surface area contributed by atoms with E-state index in [0.29, 0.717) is 26.4 Å². The molecule has 0 unspecified atom stereocenters. The lowest BCUT2D eigenvalue weighted by Crippen LogP contribution is -2.58. The zero-order valence-corrected chi connectivity index (χ0v) is 10.3. The summed E-state index contributed by atoms with van der Waals surface area (Å²) in [6.45, 7) is 4.91. The maximum absolute atomic E-state index is 9.18. The number of hydrogen-bond acceptors (Lipinski definition) is 6. The molecule has 17 heavy (non-hydrogen) atoms. The summed E-state index contributed by atoms with van der Waals surface area (Å²) in [4.78, 5) is 0. The van der Waals surface area contributed by atoms with Crippen LogP contribution in [0.5, 0.6) is 0 Å². The van der Waals surface area contributed by atoms with Crippen LogP contribution in [0.25, 0.3) is 0 Å². The largest absolute Gasteiger partial charge is 0.412 e. The van der Waals surface area contributed by atoms with Crippen LogP contribution in [0.4, 0.5) is 0 Å². The van der Waals surface area contributed by atoms with E-state index in [1.165, 1.54) is 0 Å². The van der Waals surface area contributed by atoms with Gasteiger partial charge in [0, 0.05) is 10.8 Å². The smallest absolute Gasteiger partial charge is 0.396 e. The van der Waals surface area contributed by atoms with Gasteiger partial charge in [0.15, 0.2) is 0 Å². The van der Waals surface area contributed by atoms with E-state index in [4.69, 9.17) is 18.9 Å². The third-order valence-corrected chi connectivity index (χ3v) is 3.15. The standard InChI is InChI=1S/C11H20O6/c1-9(3-12)5-14-11(15-6-9)16-7-10(2,4-13)8-17-11/h12-13H,3-8H2,1-2H3. The van der Waals surface area contributed by atoms with E-state index in [2.05, 4.69) is 0 Å². The van der Waals surface area contributed by atoms with Crippen LogP contribution in [-0.2, 0) is 18.9 Å². The minimum Gasteiger partial charge on any atom is -0.396 e. The zero-order chi connectivity index (χ0) is 12.6. The molecule has 0 radical (unpaired) electrons. The Balaban J connectivity index is 1.93. The van der Waals surface area contributed by atoms with Crippen molar-refractivity contribution < 1.29 is 29.2 Å². The van der Waals surface area contributed by atoms with Crippen LogP contribution in [0, 0.1) is 10.8 Å². The van der Waals surface area contributed by atoms with Crippen molar-refractivity contribution in [1.29, 1.82) is 0 Å². The maximum atomic E-state index is 9.18. The number of aliphatic hydroxyl groups excluding tert-OH is 2. The summed E-state index contributed by atoms with van der Waals surface area (Å²) in [5, 5.41) is 18.4. The topological polar surface area (TPSA) is 77.4 Å². The highest BCUT2D eigenvalue weighted by Gasteiger charge is 2.50. The number of ether oxygens (including phenoxy) is 4. The van der Waals surface area contributed by atoms with Gasteiger partial charge >= 0.3 is 6.16 Å². The Labute approximate surface area is 100 Å². The highest BCUT2D eigenvalue weighted by atomic mass is 17.0. The van der Waals surface area contributed by atoms with Crippen LogP contribution < -0.4 is 0 Å². The van der Waals surface area contributed by atoms with E-state index < -0.39 is 17.0 Å². The Bertz CT molecular complexity index is 232. The second-order valence-corrected chi connectivity index (χ2v) is 5.59. The molecular weight excluding hydrogens is 228 g/mol. The van der Waals surface area contributed by atoms with Gasteiger partial charge in [-0.05, 0) is 0 Å². The van der Waals surface area contributed by atoms with E-state index >= 15 is 0 Å². The lowest BCUT2D eigenvalue weighted by molar-refractivity contribution is -0.547. The summed E-state index contributed by atoms with van der Waals surface area (Å²) in [6.07, 6.45) is -1.46. The Morgan fingerprint density at radius 1 is 0.765 bits per heavy atom. The molecule has 0 atom stereocenters. The minimum absolute atomic E-state index is 0.0164. The first kappa shape index (κ1) is 13.2. The van der Waals surface area contributed by atoms with Crippen molar-refractivity contribution in [2.45, 2.75) is 20.0 Å². The van der Waals surface area contributed by atoms with E-state index in [9.17, 15) is 10.2 Å². The van der Waals surface area contributed by atoms with Crippen LogP contribution in [0.1, 0.15) is 13.8 Å². The van der Waals surface area contributed by atoms with Gasteiger partial charge in [-0.25, -0.2) is 0 Å². The van der Waals surface area contributed by atoms with Crippen molar-refractivity contribution >= 4 is 0 Å². The monoisotopic (exact) mass is 248 g/mol. The van der Waals surface area contributed by atoms with Gasteiger partial charge < -0.3 is 29.2 Å². The van der Waals surface area contributed by atoms with E-state index in [1.807, 2.05) is 13.8 Å². The average molecular weight is 248 g/mol. The predicted molar refractivity (Wildman–Crippen MR) is 56.9 cm³/mol. The van der Waals surface area contributed by atoms with Crippen LogP contribution in [0.15, 0.2) is 0 Å². The average Bonchev–Trinajstić information content (AvgIpc) is 2.37. The van der Waals surface area contributed by atoms with Gasteiger partial charge in [-0.15, -0.1) is 0 Å². The molecule has 0 aliphatic carbocycles. The van der Waals surface area contributed by atoms with Crippen molar-refractivity contribution in [2.24, 2.45) is 10.8 Å². The SMILES string of the molecule is CC1(CO)COC2(OC1)OCC(C)(CO)CO2. The number of hydrogen-bond donors (Lipinski definition) is 2. The second kappa shape index (κ2) is 4.46. The highest BCUT2D eigenvalue weighted by molar-refractivity contribution is 4.80. The lowest BCUT2D eigenvalue weighted by Gasteiger charge is -2.47. The molecule has 2 fully saturated rings. The highest BCUT2D eigenvalue weighted by Crippen LogP contribution is 2.36. The van der Waals surface area contributed by atoms with Crippen LogP contribution in [0.3, 0.4) is 0 Å². The normalized spacial score (nSPS) is 47.3. The first-order chi connectivity index (χ1) is 7.95. The van der Waals surface area contributed by atoms with Crippen molar-refractivity contribution in [3.05, 3.63) is 0 Å². The maximum Gasteiger partial charge on any atom is 0.412 e. The molecule has 0 bridgehead atoms. The first-order valence-corrected chi connectivity index (χ1v) is 5.72. The fourth-order valence-corrected chi connectivity index (χ4v) is 1.57. The molecule has 2 heterocycles. The summed E-state index contributed by atoms with van der Waals surface area (Å²) in [6, 6.07) is 0. The molecule has 2 saturated heterocycles. The first-order valence-electron chi connectivity index (χ1n) is 5.72. The quantitative estimate of drug-likeness (QED) is 0.698. The number of aliphatic hydroxyl groups is 2. The molecule has 2 rings (SSSR count). The van der Waals surface area contributed by atoms with E-state index in [-0.39, 0.29) is 13.2 Å². The minimum atomic E-state index is -1.46. The van der Waals surface area contributed by atoms with E-state index in [1.54, 1.807) is 0 Å². The fraction of sp³-hybridized carbons (Fsp3) is 1.00. The lowest BCUT2D eigenvalue weighted by atomic mass is 9.93. The van der Waals surface area contributed by atoms with Gasteiger partial charge in [-0.1, -0.05) is 13.8 Å². The molecule has 100 valence electrons. The Hall–Kier alpha value is -0.240. The summed E-state index contributed by atoms with van der Waals surface area (Å²) >= 11 is 0. The zero-order valence-electron chi connectivity index (χ0n) is 10.3. The van der Waals surface area contributed by atoms with Gasteiger partial charge in [0.25, 0.3) is 0 Å². The van der Waals surface area contributed by atoms with Gasteiger partial charge in [0.05, 0.1) is 39.6 Å². The molecule has 2 aliphatic rings. The second-order valence-electron chi connectivity index (χ2n) is 5.59. The summed E-state index contributed by atoms with van der Waals surface area (Å²) < 4.78 is 21.8. The molecule has 0 aromatic heterocycles. The van der Waals surface area contributed by atoms with Gasteiger partial charge in [0.2, 0.25) is 0 Å². The Kier molecular flexibility index (Phi) is 3.46. The molecule has 2 N–H and O–H groups in total. The van der Waals surface area contributed by atoms with Crippen molar-refractivity contribution in [3.8, 4) is 0 Å². The Morgan fingerprint density at radius 3 is 1.29 bits per heavy atom. The summed E-state index contributed by atoms with van der Waals surface area (Å²) in [7, 11) is 0. The molecule has 6 heteroatoms. The van der Waals surface area contributed by atoms with Crippen molar-refractivity contribution in [1.82, 2.24) is 0 Å². The van der Waals surface area contributed by atoms with Gasteiger partial charge in [0.1, 0.15) is 0 Å². The molecular formula is C11H20O6. The number of rotatable bonds is 2. The Morgan fingerprint density at radius 2 is 1.06 bits per heavy atom. The van der Waals surface area contributed by atoms with Crippen LogP contribution in [-0.4, -0.2) is 56.0 Å². The molecule has 0 amide bonds. The molecule has 2 aliphatic heterocycles. The third kappa shape index (κ3) is 2.62. The van der Waals surface area contributed by atoms with Gasteiger partial charge in [-0.2, -0.15) is 0 Å². The van der Waals surface area contributed by atoms with Crippen molar-refractivity contribution in [2.75, 3.05) is 39.6 Å². The van der Waals surface area contributed by atoms with Gasteiger partial charge in [-0.3, -0.25) is 0 Å². The van der Waals surface area contributed by atoms with Crippen molar-refractivity contribution in [3.63, 3.8) is 0 Å². The summed E-state index contributed by atoms with van der Waals surface area (Å²) in [5.41, 5.74) is -0.842. The molecule has 0 aromatic carbocycles. The third-order valence-electron chi connectivity index (χ3n) is 3.15. The molecule has 0 saturated carbocycles. The summed E-state index contributed by atoms with van der Waals surface area (Å²) in [5.74, 6) is 0. The van der Waals surface area contributed by atoms with E-state index in [0.717, 1.165) is 0 Å². The fourth-order valence-electron chi connectivity index (χ4n) is 1.57.